The van der Waals surface area contributed by atoms with Gasteiger partial charge in [-0.1, -0.05) is 36.4 Å². The van der Waals surface area contributed by atoms with E-state index in [1.807, 2.05) is 14.1 Å². The van der Waals surface area contributed by atoms with Gasteiger partial charge < -0.3 is 20.3 Å². The van der Waals surface area contributed by atoms with Crippen LogP contribution in [-0.2, 0) is 27.3 Å². The molecule has 2 aliphatic heterocycles. The van der Waals surface area contributed by atoms with Crippen molar-refractivity contribution in [2.45, 2.75) is 19.0 Å². The molecule has 2 heterocycles. The second kappa shape index (κ2) is 12.2. The summed E-state index contributed by atoms with van der Waals surface area (Å²) in [5, 5.41) is 5.64. The van der Waals surface area contributed by atoms with E-state index in [-0.39, 0.29) is 6.04 Å². The van der Waals surface area contributed by atoms with Gasteiger partial charge in [-0.15, -0.1) is 0 Å². The molecule has 0 bridgehead atoms. The fraction of sp³-hybridized carbons (Fsp3) is 0.481. The van der Waals surface area contributed by atoms with Gasteiger partial charge in [0.05, 0.1) is 19.3 Å². The van der Waals surface area contributed by atoms with E-state index in [0.717, 1.165) is 50.4 Å². The lowest BCUT2D eigenvalue weighted by Crippen LogP contribution is -2.47. The fourth-order valence-electron chi connectivity index (χ4n) is 4.74. The van der Waals surface area contributed by atoms with Crippen molar-refractivity contribution in [2.24, 2.45) is 0 Å². The minimum Gasteiger partial charge on any atom is -0.379 e. The molecule has 35 heavy (non-hydrogen) atoms. The summed E-state index contributed by atoms with van der Waals surface area (Å²) < 4.78 is 5.34. The highest BCUT2D eigenvalue weighted by molar-refractivity contribution is 6.35. The summed E-state index contributed by atoms with van der Waals surface area (Å²) in [6, 6.07) is 16.9. The summed E-state index contributed by atoms with van der Waals surface area (Å²) in [5.41, 5.74) is 4.96. The molecule has 2 aliphatic rings. The Labute approximate surface area is 208 Å². The molecule has 4 rings (SSSR count). The van der Waals surface area contributed by atoms with Crippen LogP contribution >= 0.6 is 0 Å². The van der Waals surface area contributed by atoms with Crippen LogP contribution in [0.4, 0.5) is 5.69 Å². The van der Waals surface area contributed by atoms with Gasteiger partial charge in [-0.3, -0.25) is 19.4 Å². The zero-order valence-electron chi connectivity index (χ0n) is 20.8. The first-order valence-electron chi connectivity index (χ1n) is 12.5. The van der Waals surface area contributed by atoms with Gasteiger partial charge >= 0.3 is 11.8 Å². The van der Waals surface area contributed by atoms with Gasteiger partial charge in [0.15, 0.2) is 0 Å². The van der Waals surface area contributed by atoms with Crippen LogP contribution < -0.4 is 15.5 Å². The lowest BCUT2D eigenvalue weighted by Gasteiger charge is -2.36. The lowest BCUT2D eigenvalue weighted by atomic mass is 9.96. The van der Waals surface area contributed by atoms with Gasteiger partial charge in [0.1, 0.15) is 0 Å². The first-order chi connectivity index (χ1) is 17.0. The fourth-order valence-corrected chi connectivity index (χ4v) is 4.74. The molecule has 1 saturated heterocycles. The maximum Gasteiger partial charge on any atom is 0.309 e. The third-order valence-corrected chi connectivity index (χ3v) is 6.87. The maximum atomic E-state index is 12.6. The van der Waals surface area contributed by atoms with Crippen molar-refractivity contribution in [2.75, 3.05) is 71.5 Å². The number of rotatable bonds is 8. The van der Waals surface area contributed by atoms with Crippen molar-refractivity contribution in [3.05, 3.63) is 65.2 Å². The second-order valence-corrected chi connectivity index (χ2v) is 9.41. The Balaban J connectivity index is 1.37. The Morgan fingerprint density at radius 2 is 1.63 bits per heavy atom. The molecule has 2 aromatic carbocycles. The van der Waals surface area contributed by atoms with Crippen molar-refractivity contribution < 1.29 is 14.3 Å². The third-order valence-electron chi connectivity index (χ3n) is 6.87. The van der Waals surface area contributed by atoms with Gasteiger partial charge in [-0.2, -0.15) is 0 Å². The molecule has 0 radical (unpaired) electrons. The normalized spacial score (nSPS) is 17.3. The number of hydrogen-bond donors (Lipinski definition) is 2. The van der Waals surface area contributed by atoms with E-state index in [4.69, 9.17) is 4.74 Å². The van der Waals surface area contributed by atoms with Gasteiger partial charge in [0.2, 0.25) is 0 Å². The van der Waals surface area contributed by atoms with E-state index >= 15 is 0 Å². The number of fused-ring (bicyclic) bond motifs is 1. The van der Waals surface area contributed by atoms with E-state index < -0.39 is 11.8 Å². The number of ether oxygens (including phenoxy) is 1. The molecule has 1 atom stereocenters. The van der Waals surface area contributed by atoms with Gasteiger partial charge in [-0.05, 0) is 35.2 Å². The average molecular weight is 480 g/mol. The number of carbonyl (C=O) groups excluding carboxylic acids is 2. The molecular weight excluding hydrogens is 442 g/mol. The van der Waals surface area contributed by atoms with E-state index in [1.165, 1.54) is 11.1 Å². The molecule has 8 heteroatoms. The van der Waals surface area contributed by atoms with Crippen molar-refractivity contribution in [3.8, 4) is 0 Å². The van der Waals surface area contributed by atoms with Crippen LogP contribution in [0.1, 0.15) is 22.7 Å². The predicted molar refractivity (Wildman–Crippen MR) is 137 cm³/mol. The molecule has 2 N–H and O–H groups in total. The van der Waals surface area contributed by atoms with E-state index in [1.54, 1.807) is 0 Å². The number of nitrogens with one attached hydrogen (secondary N) is 2. The molecule has 0 unspecified atom stereocenters. The molecule has 0 saturated carbocycles. The number of hydrogen-bond acceptors (Lipinski definition) is 6. The summed E-state index contributed by atoms with van der Waals surface area (Å²) in [7, 11) is 4.04. The van der Waals surface area contributed by atoms with Crippen LogP contribution in [0.25, 0.3) is 0 Å². The maximum absolute atomic E-state index is 12.6. The first-order valence-corrected chi connectivity index (χ1v) is 12.5. The molecular formula is C27H37N5O3. The highest BCUT2D eigenvalue weighted by Crippen LogP contribution is 2.28. The highest BCUT2D eigenvalue weighted by atomic mass is 16.5. The van der Waals surface area contributed by atoms with Crippen LogP contribution in [0, 0.1) is 0 Å². The standard InChI is InChI=1S/C27H37N5O3/c1-30(2)24-9-7-22(8-10-24)25(32-13-11-21-5-3-4-6-23(21)20-32)19-29-27(34)26(33)28-12-14-31-15-17-35-18-16-31/h3-10,25H,11-20H2,1-2H3,(H,28,33)(H,29,34)/t25-/m1/s1. The predicted octanol–water partition coefficient (Wildman–Crippen LogP) is 1.42. The molecule has 0 aromatic heterocycles. The number of anilines is 1. The van der Waals surface area contributed by atoms with E-state index in [2.05, 4.69) is 73.9 Å². The number of benzene rings is 2. The minimum absolute atomic E-state index is 0.0235. The molecule has 1 fully saturated rings. The summed E-state index contributed by atoms with van der Waals surface area (Å²) in [5.74, 6) is -1.16. The van der Waals surface area contributed by atoms with Crippen molar-refractivity contribution >= 4 is 17.5 Å². The first kappa shape index (κ1) is 25.2. The van der Waals surface area contributed by atoms with Crippen LogP contribution in [0.15, 0.2) is 48.5 Å². The quantitative estimate of drug-likeness (QED) is 0.558. The van der Waals surface area contributed by atoms with Crippen molar-refractivity contribution in [3.63, 3.8) is 0 Å². The van der Waals surface area contributed by atoms with Gasteiger partial charge in [-0.25, -0.2) is 0 Å². The Hall–Kier alpha value is -2.94. The second-order valence-electron chi connectivity index (χ2n) is 9.41. The SMILES string of the molecule is CN(C)c1ccc([C@@H](CNC(=O)C(=O)NCCN2CCOCC2)N2CCc3ccccc3C2)cc1. The number of nitrogens with zero attached hydrogens (tertiary/aromatic N) is 3. The molecule has 2 aromatic rings. The Kier molecular flexibility index (Phi) is 8.74. The van der Waals surface area contributed by atoms with Gasteiger partial charge in [0, 0.05) is 65.6 Å². The zero-order chi connectivity index (χ0) is 24.6. The smallest absolute Gasteiger partial charge is 0.309 e. The average Bonchev–Trinajstić information content (AvgIpc) is 2.89. The van der Waals surface area contributed by atoms with E-state index in [0.29, 0.717) is 26.3 Å². The molecule has 0 spiro atoms. The molecule has 8 nitrogen and oxygen atoms in total. The highest BCUT2D eigenvalue weighted by Gasteiger charge is 2.26. The summed E-state index contributed by atoms with van der Waals surface area (Å²) in [6.07, 6.45) is 0.971. The van der Waals surface area contributed by atoms with Crippen LogP contribution in [0.5, 0.6) is 0 Å². The largest absolute Gasteiger partial charge is 0.379 e. The number of morpholine rings is 1. The topological polar surface area (TPSA) is 77.2 Å². The minimum atomic E-state index is -0.584. The van der Waals surface area contributed by atoms with Gasteiger partial charge in [0.25, 0.3) is 0 Å². The molecule has 0 aliphatic carbocycles. The molecule has 2 amide bonds. The van der Waals surface area contributed by atoms with Crippen molar-refractivity contribution in [1.82, 2.24) is 20.4 Å². The summed E-state index contributed by atoms with van der Waals surface area (Å²) >= 11 is 0. The lowest BCUT2D eigenvalue weighted by molar-refractivity contribution is -0.139. The van der Waals surface area contributed by atoms with E-state index in [9.17, 15) is 9.59 Å². The summed E-state index contributed by atoms with van der Waals surface area (Å²) in [6.45, 7) is 6.40. The molecule has 188 valence electrons. The Morgan fingerprint density at radius 3 is 2.34 bits per heavy atom. The Morgan fingerprint density at radius 1 is 0.943 bits per heavy atom. The van der Waals surface area contributed by atoms with Crippen LogP contribution in [0.2, 0.25) is 0 Å². The Bertz CT molecular complexity index is 989. The number of amides is 2. The third kappa shape index (κ3) is 6.81. The van der Waals surface area contributed by atoms with Crippen LogP contribution in [-0.4, -0.2) is 88.2 Å². The number of carbonyl (C=O) groups is 2. The van der Waals surface area contributed by atoms with Crippen LogP contribution in [0.3, 0.4) is 0 Å². The monoisotopic (exact) mass is 479 g/mol. The van der Waals surface area contributed by atoms with Crippen molar-refractivity contribution in [1.29, 1.82) is 0 Å². The summed E-state index contributed by atoms with van der Waals surface area (Å²) in [4.78, 5) is 31.7. The zero-order valence-corrected chi connectivity index (χ0v) is 20.8.